The van der Waals surface area contributed by atoms with Gasteiger partial charge in [-0.25, -0.2) is 4.79 Å². The molecule has 0 spiro atoms. The lowest BCUT2D eigenvalue weighted by Gasteiger charge is -2.06. The van der Waals surface area contributed by atoms with E-state index < -0.39 is 18.2 Å². The number of ether oxygens (including phenoxy) is 1. The average Bonchev–Trinajstić information content (AvgIpc) is 2.41. The molecule has 118 valence electrons. The average molecular weight is 312 g/mol. The summed E-state index contributed by atoms with van der Waals surface area (Å²) < 4.78 is 46.3. The van der Waals surface area contributed by atoms with E-state index in [0.29, 0.717) is 17.8 Å². The van der Waals surface area contributed by atoms with Gasteiger partial charge in [0.2, 0.25) is 0 Å². The van der Waals surface area contributed by atoms with Crippen molar-refractivity contribution in [2.45, 2.75) is 25.9 Å². The van der Waals surface area contributed by atoms with Crippen molar-refractivity contribution in [3.05, 3.63) is 52.4 Å². The summed E-state index contributed by atoms with van der Waals surface area (Å²) >= 11 is 0. The highest BCUT2D eigenvalue weighted by Gasteiger charge is 2.24. The molecule has 0 aliphatic rings. The number of rotatable bonds is 5. The molecule has 1 heterocycles. The normalized spacial score (nSPS) is 12.2. The van der Waals surface area contributed by atoms with Crippen LogP contribution >= 0.6 is 0 Å². The molecule has 0 aliphatic carbocycles. The summed E-state index contributed by atoms with van der Waals surface area (Å²) in [4.78, 5) is 11.3. The Labute approximate surface area is 125 Å². The largest absolute Gasteiger partial charge is 0.493 e. The van der Waals surface area contributed by atoms with Crippen molar-refractivity contribution in [1.29, 1.82) is 0 Å². The highest BCUT2D eigenvalue weighted by Crippen LogP contribution is 2.22. The molecular formula is C16H15F3O3. The van der Waals surface area contributed by atoms with Crippen LogP contribution in [0.2, 0.25) is 0 Å². The van der Waals surface area contributed by atoms with E-state index in [0.717, 1.165) is 17.0 Å². The van der Waals surface area contributed by atoms with Gasteiger partial charge in [-0.05, 0) is 31.0 Å². The molecular weight excluding hydrogens is 297 g/mol. The lowest BCUT2D eigenvalue weighted by atomic mass is 10.1. The summed E-state index contributed by atoms with van der Waals surface area (Å²) in [5.74, 6) is 0.505. The topological polar surface area (TPSA) is 39.4 Å². The summed E-state index contributed by atoms with van der Waals surface area (Å²) in [7, 11) is 0. The number of benzene rings is 1. The van der Waals surface area contributed by atoms with Crippen LogP contribution in [0.3, 0.4) is 0 Å². The number of hydrogen-bond acceptors (Lipinski definition) is 3. The molecule has 0 aliphatic heterocycles. The predicted octanol–water partition coefficient (Wildman–Crippen LogP) is 4.38. The monoisotopic (exact) mass is 312 g/mol. The van der Waals surface area contributed by atoms with E-state index in [1.54, 1.807) is 18.2 Å². The van der Waals surface area contributed by atoms with Gasteiger partial charge in [-0.2, -0.15) is 13.2 Å². The fraction of sp³-hybridized carbons (Fsp3) is 0.312. The minimum Gasteiger partial charge on any atom is -0.493 e. The third-order valence-corrected chi connectivity index (χ3v) is 2.99. The minimum absolute atomic E-state index is 0.246. The fourth-order valence-corrected chi connectivity index (χ4v) is 1.97. The van der Waals surface area contributed by atoms with Crippen molar-refractivity contribution in [3.63, 3.8) is 0 Å². The summed E-state index contributed by atoms with van der Waals surface area (Å²) in [5, 5.41) is 0.817. The first-order valence-corrected chi connectivity index (χ1v) is 6.74. The Balaban J connectivity index is 1.94. The van der Waals surface area contributed by atoms with Gasteiger partial charge in [-0.1, -0.05) is 12.2 Å². The first kappa shape index (κ1) is 16.1. The highest BCUT2D eigenvalue weighted by molar-refractivity contribution is 5.81. The van der Waals surface area contributed by atoms with E-state index in [-0.39, 0.29) is 6.61 Å². The number of hydrogen-bond donors (Lipinski definition) is 0. The lowest BCUT2D eigenvalue weighted by molar-refractivity contribution is -0.125. The molecule has 0 amide bonds. The predicted molar refractivity (Wildman–Crippen MR) is 77.1 cm³/mol. The maximum Gasteiger partial charge on any atom is 0.392 e. The molecule has 0 atom stereocenters. The molecule has 0 N–H and O–H groups in total. The van der Waals surface area contributed by atoms with Crippen molar-refractivity contribution in [3.8, 4) is 5.75 Å². The van der Waals surface area contributed by atoms with Crippen LogP contribution in [0.25, 0.3) is 11.0 Å². The fourth-order valence-electron chi connectivity index (χ4n) is 1.97. The second kappa shape index (κ2) is 6.68. The Morgan fingerprint density at radius 1 is 1.23 bits per heavy atom. The van der Waals surface area contributed by atoms with E-state index in [1.807, 2.05) is 6.92 Å². The van der Waals surface area contributed by atoms with Gasteiger partial charge in [0.15, 0.2) is 0 Å². The van der Waals surface area contributed by atoms with Gasteiger partial charge < -0.3 is 9.15 Å². The molecule has 2 rings (SSSR count). The number of fused-ring (bicyclic) bond motifs is 1. The molecule has 1 aromatic heterocycles. The van der Waals surface area contributed by atoms with Crippen LogP contribution in [0.5, 0.6) is 5.75 Å². The first-order chi connectivity index (χ1) is 10.3. The second-order valence-electron chi connectivity index (χ2n) is 4.83. The van der Waals surface area contributed by atoms with Crippen LogP contribution in [0.15, 0.2) is 45.6 Å². The van der Waals surface area contributed by atoms with Crippen LogP contribution in [0.1, 0.15) is 18.4 Å². The molecule has 22 heavy (non-hydrogen) atoms. The van der Waals surface area contributed by atoms with Crippen molar-refractivity contribution in [1.82, 2.24) is 0 Å². The third kappa shape index (κ3) is 4.65. The molecule has 0 bridgehead atoms. The zero-order chi connectivity index (χ0) is 16.2. The number of allylic oxidation sites excluding steroid dienone is 1. The molecule has 0 fully saturated rings. The van der Waals surface area contributed by atoms with E-state index in [2.05, 4.69) is 0 Å². The van der Waals surface area contributed by atoms with E-state index in [1.165, 1.54) is 12.1 Å². The van der Waals surface area contributed by atoms with E-state index >= 15 is 0 Å². The molecule has 0 unspecified atom stereocenters. The third-order valence-electron chi connectivity index (χ3n) is 2.99. The molecule has 0 radical (unpaired) electrons. The first-order valence-electron chi connectivity index (χ1n) is 6.74. The summed E-state index contributed by atoms with van der Waals surface area (Å²) in [6.07, 6.45) is -2.24. The van der Waals surface area contributed by atoms with Crippen molar-refractivity contribution >= 4 is 11.0 Å². The summed E-state index contributed by atoms with van der Waals surface area (Å²) in [6.45, 7) is 2.06. The molecule has 0 saturated heterocycles. The Bertz CT molecular complexity index is 729. The quantitative estimate of drug-likeness (QED) is 0.467. The molecule has 6 heteroatoms. The van der Waals surface area contributed by atoms with E-state index in [4.69, 9.17) is 9.15 Å². The number of aryl methyl sites for hydroxylation is 1. The van der Waals surface area contributed by atoms with E-state index in [9.17, 15) is 18.0 Å². The van der Waals surface area contributed by atoms with Gasteiger partial charge in [-0.15, -0.1) is 0 Å². The second-order valence-corrected chi connectivity index (χ2v) is 4.83. The van der Waals surface area contributed by atoms with Crippen molar-refractivity contribution < 1.29 is 22.3 Å². The van der Waals surface area contributed by atoms with Gasteiger partial charge in [0, 0.05) is 17.5 Å². The van der Waals surface area contributed by atoms with Gasteiger partial charge in [0.25, 0.3) is 0 Å². The van der Waals surface area contributed by atoms with Crippen LogP contribution in [-0.4, -0.2) is 12.8 Å². The zero-order valence-corrected chi connectivity index (χ0v) is 11.9. The smallest absolute Gasteiger partial charge is 0.392 e. The van der Waals surface area contributed by atoms with Crippen LogP contribution in [0, 0.1) is 6.92 Å². The maximum absolute atomic E-state index is 11.9. The summed E-state index contributed by atoms with van der Waals surface area (Å²) in [6, 6.07) is 6.52. The van der Waals surface area contributed by atoms with Crippen LogP contribution in [0.4, 0.5) is 13.2 Å². The maximum atomic E-state index is 11.9. The SMILES string of the molecule is Cc1cc(=O)oc2cc(OCC/C=C/CC(F)(F)F)ccc12. The standard InChI is InChI=1S/C16H15F3O3/c1-11-9-15(20)22-14-10-12(5-6-13(11)14)21-8-4-2-3-7-16(17,18)19/h2-3,5-6,9-10H,4,7-8H2,1H3/b3-2+. The highest BCUT2D eigenvalue weighted by atomic mass is 19.4. The number of halogens is 3. The Morgan fingerprint density at radius 2 is 2.00 bits per heavy atom. The zero-order valence-electron chi connectivity index (χ0n) is 11.9. The molecule has 2 aromatic rings. The molecule has 1 aromatic carbocycles. The molecule has 0 saturated carbocycles. The van der Waals surface area contributed by atoms with Crippen molar-refractivity contribution in [2.75, 3.05) is 6.61 Å². The van der Waals surface area contributed by atoms with Gasteiger partial charge in [-0.3, -0.25) is 0 Å². The van der Waals surface area contributed by atoms with Crippen LogP contribution < -0.4 is 10.4 Å². The minimum atomic E-state index is -4.18. The van der Waals surface area contributed by atoms with Gasteiger partial charge in [0.05, 0.1) is 13.0 Å². The van der Waals surface area contributed by atoms with Crippen molar-refractivity contribution in [2.24, 2.45) is 0 Å². The number of alkyl halides is 3. The Hall–Kier alpha value is -2.24. The Morgan fingerprint density at radius 3 is 2.73 bits per heavy atom. The van der Waals surface area contributed by atoms with Crippen LogP contribution in [-0.2, 0) is 0 Å². The summed E-state index contributed by atoms with van der Waals surface area (Å²) in [5.41, 5.74) is 0.806. The Kier molecular flexibility index (Phi) is 4.90. The van der Waals surface area contributed by atoms with Gasteiger partial charge >= 0.3 is 11.8 Å². The van der Waals surface area contributed by atoms with Gasteiger partial charge in [0.1, 0.15) is 11.3 Å². The molecule has 3 nitrogen and oxygen atoms in total. The lowest BCUT2D eigenvalue weighted by Crippen LogP contribution is -2.04.